The molecule has 1 fully saturated rings. The summed E-state index contributed by atoms with van der Waals surface area (Å²) in [5, 5.41) is 19.8. The van der Waals surface area contributed by atoms with E-state index in [9.17, 15) is 14.9 Å². The molecule has 8 nitrogen and oxygen atoms in total. The average Bonchev–Trinajstić information content (AvgIpc) is 3.48. The van der Waals surface area contributed by atoms with Crippen molar-refractivity contribution in [3.05, 3.63) is 80.6 Å². The first-order valence-corrected chi connectivity index (χ1v) is 9.54. The second-order valence-electron chi connectivity index (χ2n) is 7.00. The third-order valence-corrected chi connectivity index (χ3v) is 5.15. The van der Waals surface area contributed by atoms with Crippen molar-refractivity contribution in [3.8, 4) is 5.69 Å². The minimum Gasteiger partial charge on any atom is -0.330 e. The minimum atomic E-state index is -0.469. The van der Waals surface area contributed by atoms with E-state index in [1.165, 1.54) is 16.8 Å². The Labute approximate surface area is 171 Å². The number of carbonyl (C=O) groups is 1. The number of carbonyl (C=O) groups excluding carboxylic acids is 1. The molecule has 0 saturated heterocycles. The van der Waals surface area contributed by atoms with Crippen LogP contribution in [0.25, 0.3) is 5.69 Å². The lowest BCUT2D eigenvalue weighted by Gasteiger charge is -2.22. The summed E-state index contributed by atoms with van der Waals surface area (Å²) < 4.78 is 1.45. The van der Waals surface area contributed by atoms with Crippen molar-refractivity contribution in [2.45, 2.75) is 32.4 Å². The maximum Gasteiger partial charge on any atom is 0.276 e. The fourth-order valence-electron chi connectivity index (χ4n) is 3.19. The molecule has 2 aromatic carbocycles. The maximum absolute atomic E-state index is 13.2. The van der Waals surface area contributed by atoms with Crippen LogP contribution in [0.1, 0.15) is 34.6 Å². The van der Waals surface area contributed by atoms with Gasteiger partial charge < -0.3 is 4.90 Å². The van der Waals surface area contributed by atoms with E-state index in [1.54, 1.807) is 36.1 Å². The Bertz CT molecular complexity index is 1080. The highest BCUT2D eigenvalue weighted by Crippen LogP contribution is 2.30. The molecule has 1 amide bonds. The van der Waals surface area contributed by atoms with Crippen molar-refractivity contribution in [2.24, 2.45) is 0 Å². The van der Waals surface area contributed by atoms with Crippen LogP contribution in [0.15, 0.2) is 48.5 Å². The molecule has 0 N–H and O–H groups in total. The molecule has 0 radical (unpaired) electrons. The van der Waals surface area contributed by atoms with Crippen LogP contribution in [-0.2, 0) is 6.54 Å². The molecule has 148 valence electrons. The fraction of sp³-hybridized carbons (Fsp3) is 0.250. The van der Waals surface area contributed by atoms with Crippen molar-refractivity contribution in [2.75, 3.05) is 0 Å². The van der Waals surface area contributed by atoms with Crippen LogP contribution in [0.4, 0.5) is 5.69 Å². The van der Waals surface area contributed by atoms with E-state index in [4.69, 9.17) is 11.6 Å². The topological polar surface area (TPSA) is 94.2 Å². The smallest absolute Gasteiger partial charge is 0.276 e. The molecule has 0 unspecified atom stereocenters. The van der Waals surface area contributed by atoms with Gasteiger partial charge in [0.2, 0.25) is 0 Å². The number of benzene rings is 2. The summed E-state index contributed by atoms with van der Waals surface area (Å²) in [6.45, 7) is 2.20. The molecule has 4 rings (SSSR count). The van der Waals surface area contributed by atoms with Crippen molar-refractivity contribution >= 4 is 23.2 Å². The lowest BCUT2D eigenvalue weighted by Crippen LogP contribution is -2.33. The Hall–Kier alpha value is -3.26. The first-order valence-electron chi connectivity index (χ1n) is 9.16. The summed E-state index contributed by atoms with van der Waals surface area (Å²) in [6, 6.07) is 13.7. The Kier molecular flexibility index (Phi) is 5.02. The van der Waals surface area contributed by atoms with Crippen molar-refractivity contribution < 1.29 is 9.72 Å². The van der Waals surface area contributed by atoms with E-state index in [0.29, 0.717) is 22.9 Å². The Balaban J connectivity index is 1.62. The van der Waals surface area contributed by atoms with Gasteiger partial charge in [0.05, 0.1) is 16.3 Å². The normalized spacial score (nSPS) is 13.3. The number of nitro groups is 1. The molecule has 29 heavy (non-hydrogen) atoms. The van der Waals surface area contributed by atoms with Crippen LogP contribution in [-0.4, -0.2) is 36.8 Å². The van der Waals surface area contributed by atoms with E-state index < -0.39 is 4.92 Å². The van der Waals surface area contributed by atoms with E-state index in [1.807, 2.05) is 12.1 Å². The number of hydrogen-bond donors (Lipinski definition) is 0. The molecule has 1 heterocycles. The fourth-order valence-corrected chi connectivity index (χ4v) is 3.31. The Morgan fingerprint density at radius 2 is 2.00 bits per heavy atom. The van der Waals surface area contributed by atoms with Crippen molar-refractivity contribution in [1.29, 1.82) is 0 Å². The summed E-state index contributed by atoms with van der Waals surface area (Å²) in [6.07, 6.45) is 1.91. The molecule has 1 aliphatic rings. The zero-order valence-electron chi connectivity index (χ0n) is 15.7. The van der Waals surface area contributed by atoms with E-state index in [0.717, 1.165) is 18.4 Å². The monoisotopic (exact) mass is 411 g/mol. The highest BCUT2D eigenvalue weighted by molar-refractivity contribution is 6.30. The van der Waals surface area contributed by atoms with Gasteiger partial charge in [0.1, 0.15) is 0 Å². The second-order valence-corrected chi connectivity index (χ2v) is 7.44. The summed E-state index contributed by atoms with van der Waals surface area (Å²) in [5.74, 6) is -0.198. The van der Waals surface area contributed by atoms with E-state index in [-0.39, 0.29) is 23.3 Å². The van der Waals surface area contributed by atoms with Gasteiger partial charge in [0, 0.05) is 29.7 Å². The summed E-state index contributed by atoms with van der Waals surface area (Å²) in [7, 11) is 0. The molecular weight excluding hydrogens is 394 g/mol. The van der Waals surface area contributed by atoms with Crippen LogP contribution in [0.5, 0.6) is 0 Å². The van der Waals surface area contributed by atoms with Crippen LogP contribution < -0.4 is 0 Å². The standard InChI is InChI=1S/C20H18ClN5O3/c1-13-19(22-23-25(13)17-3-2-4-18(11-17)26(28)29)20(27)24(16-9-10-16)12-14-5-7-15(21)8-6-14/h2-8,11,16H,9-10,12H2,1H3. The molecule has 0 bridgehead atoms. The number of non-ortho nitro benzene ring substituents is 1. The third kappa shape index (κ3) is 3.97. The largest absolute Gasteiger partial charge is 0.330 e. The van der Waals surface area contributed by atoms with Crippen molar-refractivity contribution in [1.82, 2.24) is 19.9 Å². The first kappa shape index (κ1) is 19.1. The van der Waals surface area contributed by atoms with Gasteiger partial charge in [-0.05, 0) is 43.5 Å². The molecule has 0 aliphatic heterocycles. The number of nitrogens with zero attached hydrogens (tertiary/aromatic N) is 5. The number of nitro benzene ring substituents is 1. The van der Waals surface area contributed by atoms with Gasteiger partial charge in [-0.15, -0.1) is 5.10 Å². The van der Waals surface area contributed by atoms with Gasteiger partial charge in [-0.1, -0.05) is 35.0 Å². The average molecular weight is 412 g/mol. The number of amides is 1. The van der Waals surface area contributed by atoms with Gasteiger partial charge >= 0.3 is 0 Å². The molecule has 1 aromatic heterocycles. The van der Waals surface area contributed by atoms with Crippen LogP contribution in [0.3, 0.4) is 0 Å². The predicted octanol–water partition coefficient (Wildman–Crippen LogP) is 3.94. The number of aromatic nitrogens is 3. The molecule has 9 heteroatoms. The molecule has 0 atom stereocenters. The van der Waals surface area contributed by atoms with Crippen molar-refractivity contribution in [3.63, 3.8) is 0 Å². The SMILES string of the molecule is Cc1c(C(=O)N(Cc2ccc(Cl)cc2)C2CC2)nnn1-c1cccc([N+](=O)[O-])c1. The zero-order chi connectivity index (χ0) is 20.5. The Morgan fingerprint density at radius 3 is 2.66 bits per heavy atom. The van der Waals surface area contributed by atoms with Crippen LogP contribution in [0, 0.1) is 17.0 Å². The molecule has 3 aromatic rings. The highest BCUT2D eigenvalue weighted by Gasteiger charge is 2.35. The summed E-state index contributed by atoms with van der Waals surface area (Å²) in [4.78, 5) is 25.6. The first-order chi connectivity index (χ1) is 13.9. The zero-order valence-corrected chi connectivity index (χ0v) is 16.4. The molecule has 1 saturated carbocycles. The van der Waals surface area contributed by atoms with Gasteiger partial charge in [0.25, 0.3) is 11.6 Å². The summed E-state index contributed by atoms with van der Waals surface area (Å²) in [5.41, 5.74) is 2.21. The highest BCUT2D eigenvalue weighted by atomic mass is 35.5. The van der Waals surface area contributed by atoms with Crippen LogP contribution >= 0.6 is 11.6 Å². The third-order valence-electron chi connectivity index (χ3n) is 4.90. The van der Waals surface area contributed by atoms with Gasteiger partial charge in [-0.2, -0.15) is 0 Å². The quantitative estimate of drug-likeness (QED) is 0.452. The maximum atomic E-state index is 13.2. The minimum absolute atomic E-state index is 0.0485. The lowest BCUT2D eigenvalue weighted by atomic mass is 10.2. The summed E-state index contributed by atoms with van der Waals surface area (Å²) >= 11 is 5.95. The molecule has 0 spiro atoms. The van der Waals surface area contributed by atoms with Crippen LogP contribution in [0.2, 0.25) is 5.02 Å². The van der Waals surface area contributed by atoms with Gasteiger partial charge in [0.15, 0.2) is 5.69 Å². The molecule has 1 aliphatic carbocycles. The molecular formula is C20H18ClN5O3. The van der Waals surface area contributed by atoms with E-state index in [2.05, 4.69) is 10.3 Å². The lowest BCUT2D eigenvalue weighted by molar-refractivity contribution is -0.384. The Morgan fingerprint density at radius 1 is 1.28 bits per heavy atom. The predicted molar refractivity (Wildman–Crippen MR) is 107 cm³/mol. The van der Waals surface area contributed by atoms with Gasteiger partial charge in [-0.3, -0.25) is 14.9 Å². The number of rotatable bonds is 6. The number of halogens is 1. The number of hydrogen-bond acceptors (Lipinski definition) is 5. The second kappa shape index (κ2) is 7.63. The van der Waals surface area contributed by atoms with Gasteiger partial charge in [-0.25, -0.2) is 4.68 Å². The van der Waals surface area contributed by atoms with E-state index >= 15 is 0 Å².